The molecule has 0 radical (unpaired) electrons. The van der Waals surface area contributed by atoms with Crippen molar-refractivity contribution in [2.75, 3.05) is 11.3 Å². The van der Waals surface area contributed by atoms with Crippen molar-refractivity contribution >= 4 is 40.3 Å². The third kappa shape index (κ3) is 9.82. The number of nitrogens with one attached hydrogen (secondary N) is 2. The number of thioether (sulfide) groups is 1. The number of para-hydroxylation sites is 1. The Morgan fingerprint density at radius 3 is 2.28 bits per heavy atom. The Balaban J connectivity index is 0.00000248. The van der Waals surface area contributed by atoms with Crippen molar-refractivity contribution in [3.8, 4) is 17.1 Å². The third-order valence-electron chi connectivity index (χ3n) is 6.06. The number of ether oxygens (including phenoxy) is 1. The second kappa shape index (κ2) is 16.3. The molecule has 4 aromatic rings. The molecule has 9 nitrogen and oxygen atoms in total. The SMILES string of the molecule is CC.Cc1ccc(-n2cnc(-c3ccc(NC(=O)NC(=Nc4ccccc4C(C)C)SCOC(=O)C(C)C)cc3)n2)cc1. The van der Waals surface area contributed by atoms with E-state index in [0.29, 0.717) is 16.7 Å². The van der Waals surface area contributed by atoms with Gasteiger partial charge in [0.15, 0.2) is 11.0 Å². The van der Waals surface area contributed by atoms with E-state index in [1.54, 1.807) is 37.0 Å². The maximum Gasteiger partial charge on any atom is 0.325 e. The van der Waals surface area contributed by atoms with Gasteiger partial charge in [0.25, 0.3) is 0 Å². The van der Waals surface area contributed by atoms with Gasteiger partial charge in [0.1, 0.15) is 12.3 Å². The Kier molecular flexibility index (Phi) is 12.5. The fourth-order valence-corrected chi connectivity index (χ4v) is 4.39. The van der Waals surface area contributed by atoms with Crippen LogP contribution < -0.4 is 10.6 Å². The first-order valence-corrected chi connectivity index (χ1v) is 15.3. The van der Waals surface area contributed by atoms with E-state index in [4.69, 9.17) is 4.74 Å². The van der Waals surface area contributed by atoms with Crippen LogP contribution in [0, 0.1) is 12.8 Å². The second-order valence-electron chi connectivity index (χ2n) is 10.0. The molecule has 10 heteroatoms. The largest absolute Gasteiger partial charge is 0.454 e. The molecule has 4 rings (SSSR count). The van der Waals surface area contributed by atoms with Gasteiger partial charge in [-0.25, -0.2) is 19.5 Å². The van der Waals surface area contributed by atoms with Crippen molar-refractivity contribution in [1.82, 2.24) is 20.1 Å². The minimum Gasteiger partial charge on any atom is -0.454 e. The zero-order valence-corrected chi connectivity index (χ0v) is 26.6. The molecule has 43 heavy (non-hydrogen) atoms. The molecule has 0 aliphatic rings. The molecule has 2 amide bonds. The molecule has 0 saturated heterocycles. The molecule has 0 unspecified atom stereocenters. The van der Waals surface area contributed by atoms with E-state index in [9.17, 15) is 9.59 Å². The van der Waals surface area contributed by atoms with Gasteiger partial charge in [0.2, 0.25) is 0 Å². The Morgan fingerprint density at radius 2 is 1.63 bits per heavy atom. The standard InChI is InChI=1S/C31H34N6O3S.C2H6/c1-20(2)26-8-6-7-9-27(26)34-31(41-19-40-29(38)21(3)4)35-30(39)33-24-14-12-23(13-15-24)28-32-18-37(36-28)25-16-10-22(5)11-17-25;1-2/h6-18,20-21H,19H2,1-5H3,(H2,33,34,35,39);1-2H3. The number of amides is 2. The molecule has 2 N–H and O–H groups in total. The molecule has 3 aromatic carbocycles. The molecule has 0 aliphatic carbocycles. The number of benzene rings is 3. The predicted molar refractivity (Wildman–Crippen MR) is 176 cm³/mol. The van der Waals surface area contributed by atoms with Gasteiger partial charge in [-0.3, -0.25) is 10.1 Å². The summed E-state index contributed by atoms with van der Waals surface area (Å²) in [5.74, 6) is 0.277. The van der Waals surface area contributed by atoms with Crippen LogP contribution in [0.3, 0.4) is 0 Å². The summed E-state index contributed by atoms with van der Waals surface area (Å²) in [5, 5.41) is 10.5. The number of anilines is 1. The van der Waals surface area contributed by atoms with Crippen molar-refractivity contribution in [3.05, 3.63) is 90.3 Å². The summed E-state index contributed by atoms with van der Waals surface area (Å²) < 4.78 is 7.02. The summed E-state index contributed by atoms with van der Waals surface area (Å²) in [6.07, 6.45) is 1.67. The average molecular weight is 601 g/mol. The van der Waals surface area contributed by atoms with Gasteiger partial charge in [0.05, 0.1) is 17.3 Å². The lowest BCUT2D eigenvalue weighted by atomic mass is 10.0. The molecule has 1 aromatic heterocycles. The zero-order chi connectivity index (χ0) is 31.4. The number of urea groups is 1. The molecular formula is C33H40N6O3S. The van der Waals surface area contributed by atoms with E-state index in [1.807, 2.05) is 81.4 Å². The maximum atomic E-state index is 12.9. The zero-order valence-electron chi connectivity index (χ0n) is 25.8. The first-order valence-electron chi connectivity index (χ1n) is 14.3. The molecular weight excluding hydrogens is 560 g/mol. The quantitative estimate of drug-likeness (QED) is 0.0915. The molecule has 0 spiro atoms. The van der Waals surface area contributed by atoms with E-state index in [2.05, 4.69) is 39.6 Å². The number of carbonyl (C=O) groups excluding carboxylic acids is 2. The lowest BCUT2D eigenvalue weighted by Crippen LogP contribution is -2.33. The number of amidine groups is 1. The predicted octanol–water partition coefficient (Wildman–Crippen LogP) is 8.09. The smallest absolute Gasteiger partial charge is 0.325 e. The highest BCUT2D eigenvalue weighted by Gasteiger charge is 2.14. The summed E-state index contributed by atoms with van der Waals surface area (Å²) in [7, 11) is 0. The van der Waals surface area contributed by atoms with Crippen LogP contribution in [0.25, 0.3) is 17.1 Å². The van der Waals surface area contributed by atoms with Crippen molar-refractivity contribution in [2.45, 2.75) is 54.4 Å². The molecule has 226 valence electrons. The number of carbonyl (C=O) groups is 2. The lowest BCUT2D eigenvalue weighted by Gasteiger charge is -2.13. The van der Waals surface area contributed by atoms with Crippen LogP contribution in [-0.4, -0.2) is 37.9 Å². The van der Waals surface area contributed by atoms with Gasteiger partial charge in [0, 0.05) is 11.3 Å². The monoisotopic (exact) mass is 600 g/mol. The van der Waals surface area contributed by atoms with E-state index < -0.39 is 6.03 Å². The number of rotatable bonds is 8. The maximum absolute atomic E-state index is 12.9. The number of nitrogens with zero attached hydrogens (tertiary/aromatic N) is 4. The van der Waals surface area contributed by atoms with Crippen molar-refractivity contribution in [2.24, 2.45) is 10.9 Å². The molecule has 0 saturated carbocycles. The number of aryl methyl sites for hydroxylation is 1. The van der Waals surface area contributed by atoms with Gasteiger partial charge in [-0.05, 0) is 72.6 Å². The minimum absolute atomic E-state index is 0.0247. The summed E-state index contributed by atoms with van der Waals surface area (Å²) >= 11 is 1.14. The highest BCUT2D eigenvalue weighted by molar-refractivity contribution is 8.13. The third-order valence-corrected chi connectivity index (χ3v) is 6.76. The van der Waals surface area contributed by atoms with E-state index in [1.165, 1.54) is 5.56 Å². The number of hydrogen-bond donors (Lipinski definition) is 2. The Labute approximate surface area is 258 Å². The van der Waals surface area contributed by atoms with Gasteiger partial charge >= 0.3 is 12.0 Å². The van der Waals surface area contributed by atoms with Gasteiger partial charge in [-0.15, -0.1) is 5.10 Å². The van der Waals surface area contributed by atoms with E-state index >= 15 is 0 Å². The second-order valence-corrected chi connectivity index (χ2v) is 10.9. The van der Waals surface area contributed by atoms with Gasteiger partial charge in [-0.1, -0.05) is 77.4 Å². The number of esters is 1. The van der Waals surface area contributed by atoms with Crippen LogP contribution in [0.15, 0.2) is 84.1 Å². The van der Waals surface area contributed by atoms with Gasteiger partial charge in [-0.2, -0.15) is 0 Å². The normalized spacial score (nSPS) is 11.1. The molecule has 0 bridgehead atoms. The fraction of sp³-hybridized carbons (Fsp3) is 0.303. The molecule has 0 aliphatic heterocycles. The van der Waals surface area contributed by atoms with E-state index in [-0.39, 0.29) is 23.7 Å². The van der Waals surface area contributed by atoms with Crippen LogP contribution in [0.1, 0.15) is 58.6 Å². The first-order chi connectivity index (χ1) is 20.7. The highest BCUT2D eigenvalue weighted by atomic mass is 32.2. The number of hydrogen-bond acceptors (Lipinski definition) is 7. The van der Waals surface area contributed by atoms with Crippen LogP contribution >= 0.6 is 11.8 Å². The van der Waals surface area contributed by atoms with Crippen LogP contribution in [0.4, 0.5) is 16.2 Å². The number of aromatic nitrogens is 3. The molecule has 1 heterocycles. The molecule has 0 atom stereocenters. The topological polar surface area (TPSA) is 111 Å². The Morgan fingerprint density at radius 1 is 0.953 bits per heavy atom. The first kappa shape index (κ1) is 33.1. The molecule has 0 fully saturated rings. The van der Waals surface area contributed by atoms with Crippen LogP contribution in [-0.2, 0) is 9.53 Å². The van der Waals surface area contributed by atoms with Crippen molar-refractivity contribution in [1.29, 1.82) is 0 Å². The summed E-state index contributed by atoms with van der Waals surface area (Å²) in [5.41, 5.74) is 5.28. The summed E-state index contributed by atoms with van der Waals surface area (Å²) in [4.78, 5) is 34.0. The number of aliphatic imine (C=N–C) groups is 1. The Bertz CT molecular complexity index is 1510. The lowest BCUT2D eigenvalue weighted by molar-refractivity contribution is -0.144. The Hall–Kier alpha value is -4.44. The van der Waals surface area contributed by atoms with Crippen molar-refractivity contribution < 1.29 is 14.3 Å². The summed E-state index contributed by atoms with van der Waals surface area (Å²) in [6.45, 7) is 13.7. The van der Waals surface area contributed by atoms with Gasteiger partial charge < -0.3 is 10.1 Å². The van der Waals surface area contributed by atoms with Crippen LogP contribution in [0.2, 0.25) is 0 Å². The minimum atomic E-state index is -0.469. The highest BCUT2D eigenvalue weighted by Crippen LogP contribution is 2.27. The van der Waals surface area contributed by atoms with Crippen LogP contribution in [0.5, 0.6) is 0 Å². The summed E-state index contributed by atoms with van der Waals surface area (Å²) in [6, 6.07) is 22.6. The van der Waals surface area contributed by atoms with E-state index in [0.717, 1.165) is 34.3 Å². The average Bonchev–Trinajstić information content (AvgIpc) is 3.49. The van der Waals surface area contributed by atoms with Crippen molar-refractivity contribution in [3.63, 3.8) is 0 Å². The fourth-order valence-electron chi connectivity index (χ4n) is 3.77.